The number of nitrogens with one attached hydrogen (secondary N) is 1. The third kappa shape index (κ3) is 2.94. The Morgan fingerprint density at radius 1 is 1.40 bits per heavy atom. The summed E-state index contributed by atoms with van der Waals surface area (Å²) in [5.74, 6) is -0.996. The number of aromatic amines is 1. The average molecular weight is 209 g/mol. The molecule has 0 aliphatic rings. The molecule has 0 saturated heterocycles. The Kier molecular flexibility index (Phi) is 2.98. The molecule has 1 aromatic heterocycles. The number of aromatic nitrogens is 1. The van der Waals surface area contributed by atoms with Gasteiger partial charge in [-0.2, -0.15) is 0 Å². The van der Waals surface area contributed by atoms with Gasteiger partial charge < -0.3 is 10.1 Å². The summed E-state index contributed by atoms with van der Waals surface area (Å²) in [7, 11) is 0. The zero-order valence-electron chi connectivity index (χ0n) is 9.13. The SMILES string of the molecule is CC(C)(C)c1ccc(CC(=O)O)c(=O)[nH]1. The maximum absolute atomic E-state index is 11.5. The highest BCUT2D eigenvalue weighted by molar-refractivity contribution is 5.69. The fourth-order valence-corrected chi connectivity index (χ4v) is 1.24. The molecular weight excluding hydrogens is 194 g/mol. The first-order valence-electron chi connectivity index (χ1n) is 4.75. The van der Waals surface area contributed by atoms with E-state index in [1.807, 2.05) is 20.8 Å². The quantitative estimate of drug-likeness (QED) is 0.771. The number of pyridine rings is 1. The van der Waals surface area contributed by atoms with Crippen molar-refractivity contribution in [1.82, 2.24) is 4.98 Å². The van der Waals surface area contributed by atoms with Crippen molar-refractivity contribution in [3.8, 4) is 0 Å². The van der Waals surface area contributed by atoms with Crippen molar-refractivity contribution in [3.63, 3.8) is 0 Å². The molecule has 15 heavy (non-hydrogen) atoms. The van der Waals surface area contributed by atoms with E-state index >= 15 is 0 Å². The minimum absolute atomic E-state index is 0.138. The van der Waals surface area contributed by atoms with Gasteiger partial charge in [-0.1, -0.05) is 26.8 Å². The zero-order chi connectivity index (χ0) is 11.6. The van der Waals surface area contributed by atoms with E-state index in [9.17, 15) is 9.59 Å². The number of H-pyrrole nitrogens is 1. The van der Waals surface area contributed by atoms with Gasteiger partial charge in [0.1, 0.15) is 0 Å². The lowest BCUT2D eigenvalue weighted by Crippen LogP contribution is -2.22. The molecule has 0 spiro atoms. The van der Waals surface area contributed by atoms with Crippen LogP contribution in [-0.2, 0) is 16.6 Å². The molecule has 0 aromatic carbocycles. The van der Waals surface area contributed by atoms with Crippen LogP contribution in [0.5, 0.6) is 0 Å². The average Bonchev–Trinajstić information content (AvgIpc) is 2.05. The number of hydrogen-bond acceptors (Lipinski definition) is 2. The first-order chi connectivity index (χ1) is 6.80. The van der Waals surface area contributed by atoms with Crippen molar-refractivity contribution in [1.29, 1.82) is 0 Å². The standard InChI is InChI=1S/C11H15NO3/c1-11(2,3)8-5-4-7(6-9(13)14)10(15)12-8/h4-5H,6H2,1-3H3,(H,12,15)(H,13,14). The molecule has 1 aromatic rings. The molecule has 0 unspecified atom stereocenters. The van der Waals surface area contributed by atoms with Crippen LogP contribution in [0, 0.1) is 0 Å². The molecule has 1 rings (SSSR count). The molecule has 2 N–H and O–H groups in total. The van der Waals surface area contributed by atoms with Crippen LogP contribution in [0.2, 0.25) is 0 Å². The lowest BCUT2D eigenvalue weighted by atomic mass is 9.91. The van der Waals surface area contributed by atoms with E-state index in [0.717, 1.165) is 5.69 Å². The van der Waals surface area contributed by atoms with Gasteiger partial charge in [0, 0.05) is 16.7 Å². The van der Waals surface area contributed by atoms with E-state index < -0.39 is 5.97 Å². The fraction of sp³-hybridized carbons (Fsp3) is 0.455. The van der Waals surface area contributed by atoms with Gasteiger partial charge in [-0.15, -0.1) is 0 Å². The van der Waals surface area contributed by atoms with Gasteiger partial charge in [0.2, 0.25) is 0 Å². The first-order valence-corrected chi connectivity index (χ1v) is 4.75. The third-order valence-electron chi connectivity index (χ3n) is 2.14. The molecule has 0 bridgehead atoms. The summed E-state index contributed by atoms with van der Waals surface area (Å²) < 4.78 is 0. The van der Waals surface area contributed by atoms with Gasteiger partial charge in [0.05, 0.1) is 6.42 Å². The largest absolute Gasteiger partial charge is 0.481 e. The minimum Gasteiger partial charge on any atom is -0.481 e. The summed E-state index contributed by atoms with van der Waals surface area (Å²) in [6, 6.07) is 3.34. The van der Waals surface area contributed by atoms with Crippen molar-refractivity contribution >= 4 is 5.97 Å². The molecule has 0 radical (unpaired) electrons. The molecule has 0 atom stereocenters. The molecule has 0 aliphatic heterocycles. The number of carbonyl (C=O) groups is 1. The number of hydrogen-bond donors (Lipinski definition) is 2. The number of carboxylic acids is 1. The van der Waals surface area contributed by atoms with Crippen molar-refractivity contribution in [2.75, 3.05) is 0 Å². The second kappa shape index (κ2) is 3.88. The second-order valence-corrected chi connectivity index (χ2v) is 4.55. The molecule has 1 heterocycles. The molecular formula is C11H15NO3. The molecule has 4 heteroatoms. The van der Waals surface area contributed by atoms with Gasteiger partial charge in [0.25, 0.3) is 5.56 Å². The Bertz CT molecular complexity index is 426. The van der Waals surface area contributed by atoms with Gasteiger partial charge in [-0.25, -0.2) is 0 Å². The number of aliphatic carboxylic acids is 1. The summed E-state index contributed by atoms with van der Waals surface area (Å²) in [6.45, 7) is 5.94. The summed E-state index contributed by atoms with van der Waals surface area (Å²) in [6.07, 6.45) is -0.236. The van der Waals surface area contributed by atoms with Gasteiger partial charge >= 0.3 is 5.97 Å². The van der Waals surface area contributed by atoms with Crippen LogP contribution in [0.15, 0.2) is 16.9 Å². The fourth-order valence-electron chi connectivity index (χ4n) is 1.24. The van der Waals surface area contributed by atoms with Crippen molar-refractivity contribution in [2.45, 2.75) is 32.6 Å². The molecule has 0 amide bonds. The molecule has 4 nitrogen and oxygen atoms in total. The van der Waals surface area contributed by atoms with E-state index in [1.165, 1.54) is 0 Å². The van der Waals surface area contributed by atoms with Crippen LogP contribution in [0.25, 0.3) is 0 Å². The van der Waals surface area contributed by atoms with E-state index in [4.69, 9.17) is 5.11 Å². The van der Waals surface area contributed by atoms with Crippen LogP contribution in [0.1, 0.15) is 32.0 Å². The van der Waals surface area contributed by atoms with E-state index in [2.05, 4.69) is 4.98 Å². The third-order valence-corrected chi connectivity index (χ3v) is 2.14. The van der Waals surface area contributed by atoms with Crippen molar-refractivity contribution < 1.29 is 9.90 Å². The van der Waals surface area contributed by atoms with E-state index in [0.29, 0.717) is 0 Å². The van der Waals surface area contributed by atoms with Crippen LogP contribution in [0.4, 0.5) is 0 Å². The smallest absolute Gasteiger partial charge is 0.308 e. The summed E-state index contributed by atoms with van der Waals surface area (Å²) >= 11 is 0. The van der Waals surface area contributed by atoms with Crippen molar-refractivity contribution in [2.24, 2.45) is 0 Å². The lowest BCUT2D eigenvalue weighted by molar-refractivity contribution is -0.136. The summed E-state index contributed by atoms with van der Waals surface area (Å²) in [5, 5.41) is 8.57. The van der Waals surface area contributed by atoms with Gasteiger partial charge in [-0.05, 0) is 6.07 Å². The number of carboxylic acid groups (broad SMARTS) is 1. The Morgan fingerprint density at radius 3 is 2.40 bits per heavy atom. The maximum Gasteiger partial charge on any atom is 0.308 e. The number of rotatable bonds is 2. The van der Waals surface area contributed by atoms with E-state index in [-0.39, 0.29) is 23.0 Å². The molecule has 82 valence electrons. The summed E-state index contributed by atoms with van der Waals surface area (Å²) in [5.41, 5.74) is 0.642. The van der Waals surface area contributed by atoms with Crippen LogP contribution < -0.4 is 5.56 Å². The molecule has 0 fully saturated rings. The van der Waals surface area contributed by atoms with Crippen LogP contribution >= 0.6 is 0 Å². The van der Waals surface area contributed by atoms with Crippen molar-refractivity contribution in [3.05, 3.63) is 33.7 Å². The Balaban J connectivity index is 3.09. The lowest BCUT2D eigenvalue weighted by Gasteiger charge is -2.18. The zero-order valence-corrected chi connectivity index (χ0v) is 9.13. The predicted molar refractivity (Wildman–Crippen MR) is 57.1 cm³/mol. The first kappa shape index (κ1) is 11.5. The minimum atomic E-state index is -0.996. The topological polar surface area (TPSA) is 70.2 Å². The highest BCUT2D eigenvalue weighted by atomic mass is 16.4. The normalized spacial score (nSPS) is 11.4. The molecule has 0 aliphatic carbocycles. The highest BCUT2D eigenvalue weighted by Crippen LogP contribution is 2.18. The Hall–Kier alpha value is -1.58. The highest BCUT2D eigenvalue weighted by Gasteiger charge is 2.15. The van der Waals surface area contributed by atoms with Crippen LogP contribution in [-0.4, -0.2) is 16.1 Å². The predicted octanol–water partition coefficient (Wildman–Crippen LogP) is 1.30. The Morgan fingerprint density at radius 2 is 2.00 bits per heavy atom. The maximum atomic E-state index is 11.5. The Labute approximate surface area is 88.0 Å². The van der Waals surface area contributed by atoms with E-state index in [1.54, 1.807) is 12.1 Å². The van der Waals surface area contributed by atoms with Gasteiger partial charge in [-0.3, -0.25) is 9.59 Å². The van der Waals surface area contributed by atoms with Crippen LogP contribution in [0.3, 0.4) is 0 Å². The summed E-state index contributed by atoms with van der Waals surface area (Å²) in [4.78, 5) is 24.7. The second-order valence-electron chi connectivity index (χ2n) is 4.55. The molecule has 0 saturated carbocycles. The van der Waals surface area contributed by atoms with Gasteiger partial charge in [0.15, 0.2) is 0 Å². The monoisotopic (exact) mass is 209 g/mol.